The summed E-state index contributed by atoms with van der Waals surface area (Å²) in [7, 11) is 0. The number of aliphatic hydroxyl groups excluding tert-OH is 1. The Morgan fingerprint density at radius 2 is 1.96 bits per heavy atom. The fraction of sp³-hybridized carbons (Fsp3) is 0.235. The van der Waals surface area contributed by atoms with Crippen molar-refractivity contribution < 1.29 is 27.4 Å². The molecule has 0 radical (unpaired) electrons. The van der Waals surface area contributed by atoms with Crippen LogP contribution in [0.5, 0.6) is 11.5 Å². The van der Waals surface area contributed by atoms with E-state index in [1.807, 2.05) is 0 Å². The molecule has 0 heterocycles. The van der Waals surface area contributed by atoms with Gasteiger partial charge in [0, 0.05) is 22.1 Å². The number of hydrogen-bond donors (Lipinski definition) is 1. The number of hydrogen-bond acceptors (Lipinski definition) is 4. The number of nitriles is 1. The SMILES string of the molecule is CSc1ccc(Oc2ccc(F)c(C#N)c2)c2c1C(O)C(F)(F)C2F. The van der Waals surface area contributed by atoms with Crippen molar-refractivity contribution >= 4 is 11.8 Å². The Labute approximate surface area is 144 Å². The lowest BCUT2D eigenvalue weighted by Crippen LogP contribution is -2.24. The van der Waals surface area contributed by atoms with Crippen LogP contribution in [0.3, 0.4) is 0 Å². The second kappa shape index (κ2) is 6.24. The van der Waals surface area contributed by atoms with Gasteiger partial charge in [0.15, 0.2) is 6.17 Å². The van der Waals surface area contributed by atoms with Gasteiger partial charge < -0.3 is 9.84 Å². The summed E-state index contributed by atoms with van der Waals surface area (Å²) in [5.41, 5.74) is -0.950. The maximum Gasteiger partial charge on any atom is 0.312 e. The van der Waals surface area contributed by atoms with E-state index in [1.54, 1.807) is 12.3 Å². The zero-order valence-corrected chi connectivity index (χ0v) is 13.6. The van der Waals surface area contributed by atoms with Crippen molar-refractivity contribution in [3.63, 3.8) is 0 Å². The third-order valence-corrected chi connectivity index (χ3v) is 4.74. The van der Waals surface area contributed by atoms with E-state index in [-0.39, 0.29) is 22.6 Å². The Balaban J connectivity index is 2.10. The van der Waals surface area contributed by atoms with Gasteiger partial charge in [0.2, 0.25) is 0 Å². The normalized spacial score (nSPS) is 20.8. The quantitative estimate of drug-likeness (QED) is 0.617. The molecule has 0 aromatic heterocycles. The Kier molecular flexibility index (Phi) is 4.39. The maximum absolute atomic E-state index is 14.3. The van der Waals surface area contributed by atoms with Crippen LogP contribution in [0, 0.1) is 17.1 Å². The van der Waals surface area contributed by atoms with Crippen LogP contribution >= 0.6 is 11.8 Å². The molecule has 25 heavy (non-hydrogen) atoms. The molecule has 3 nitrogen and oxygen atoms in total. The van der Waals surface area contributed by atoms with E-state index in [4.69, 9.17) is 10.00 Å². The summed E-state index contributed by atoms with van der Waals surface area (Å²) in [5.74, 6) is -4.96. The van der Waals surface area contributed by atoms with E-state index in [0.29, 0.717) is 4.90 Å². The highest BCUT2D eigenvalue weighted by molar-refractivity contribution is 7.98. The van der Waals surface area contributed by atoms with Crippen molar-refractivity contribution in [2.45, 2.75) is 23.1 Å². The van der Waals surface area contributed by atoms with Crippen molar-refractivity contribution in [3.8, 4) is 17.6 Å². The van der Waals surface area contributed by atoms with Crippen molar-refractivity contribution in [2.75, 3.05) is 6.26 Å². The topological polar surface area (TPSA) is 53.2 Å². The number of halogens is 4. The van der Waals surface area contributed by atoms with Gasteiger partial charge in [-0.05, 0) is 30.5 Å². The Hall–Kier alpha value is -2.24. The number of rotatable bonds is 3. The molecule has 2 unspecified atom stereocenters. The smallest absolute Gasteiger partial charge is 0.312 e. The summed E-state index contributed by atoms with van der Waals surface area (Å²) in [6, 6.07) is 7.64. The highest BCUT2D eigenvalue weighted by Gasteiger charge is 2.58. The monoisotopic (exact) mass is 369 g/mol. The largest absolute Gasteiger partial charge is 0.457 e. The molecule has 0 amide bonds. The fourth-order valence-electron chi connectivity index (χ4n) is 2.71. The number of alkyl halides is 3. The van der Waals surface area contributed by atoms with Gasteiger partial charge in [-0.25, -0.2) is 8.78 Å². The summed E-state index contributed by atoms with van der Waals surface area (Å²) in [4.78, 5) is 0.312. The predicted octanol–water partition coefficient (Wildman–Crippen LogP) is 4.90. The minimum absolute atomic E-state index is 0.00559. The van der Waals surface area contributed by atoms with E-state index in [0.717, 1.165) is 23.9 Å². The lowest BCUT2D eigenvalue weighted by Gasteiger charge is -2.16. The Morgan fingerprint density at radius 3 is 2.60 bits per heavy atom. The minimum atomic E-state index is -3.98. The Morgan fingerprint density at radius 1 is 1.24 bits per heavy atom. The van der Waals surface area contributed by atoms with Crippen LogP contribution in [0.15, 0.2) is 35.2 Å². The molecule has 1 aliphatic rings. The van der Waals surface area contributed by atoms with Crippen molar-refractivity contribution in [1.29, 1.82) is 5.26 Å². The molecular weight excluding hydrogens is 358 g/mol. The summed E-state index contributed by atoms with van der Waals surface area (Å²) < 4.78 is 61.0. The molecule has 0 aliphatic heterocycles. The van der Waals surface area contributed by atoms with Gasteiger partial charge in [-0.15, -0.1) is 11.8 Å². The van der Waals surface area contributed by atoms with Crippen LogP contribution in [0.4, 0.5) is 17.6 Å². The van der Waals surface area contributed by atoms with Gasteiger partial charge in [0.25, 0.3) is 0 Å². The van der Waals surface area contributed by atoms with Crippen LogP contribution in [0.2, 0.25) is 0 Å². The first-order chi connectivity index (χ1) is 11.8. The summed E-state index contributed by atoms with van der Waals surface area (Å²) in [5, 5.41) is 18.7. The molecule has 2 aromatic rings. The molecule has 3 rings (SSSR count). The highest BCUT2D eigenvalue weighted by Crippen LogP contribution is 2.57. The number of ether oxygens (including phenoxy) is 1. The fourth-order valence-corrected chi connectivity index (χ4v) is 3.36. The second-order valence-corrected chi connectivity index (χ2v) is 6.24. The van der Waals surface area contributed by atoms with Crippen LogP contribution in [-0.4, -0.2) is 17.3 Å². The number of benzene rings is 2. The van der Waals surface area contributed by atoms with Gasteiger partial charge in [-0.3, -0.25) is 0 Å². The summed E-state index contributed by atoms with van der Waals surface area (Å²) in [6.45, 7) is 0. The molecule has 8 heteroatoms. The van der Waals surface area contributed by atoms with Crippen molar-refractivity contribution in [2.24, 2.45) is 0 Å². The molecule has 0 saturated carbocycles. The predicted molar refractivity (Wildman–Crippen MR) is 83.2 cm³/mol. The first kappa shape index (κ1) is 17.6. The molecule has 0 saturated heterocycles. The number of aliphatic hydroxyl groups is 1. The zero-order valence-electron chi connectivity index (χ0n) is 12.8. The molecule has 0 bridgehead atoms. The molecule has 1 aliphatic carbocycles. The zero-order chi connectivity index (χ0) is 18.4. The van der Waals surface area contributed by atoms with Gasteiger partial charge in [0.1, 0.15) is 29.5 Å². The van der Waals surface area contributed by atoms with E-state index < -0.39 is 29.6 Å². The van der Waals surface area contributed by atoms with Crippen LogP contribution in [-0.2, 0) is 0 Å². The third kappa shape index (κ3) is 2.73. The average Bonchev–Trinajstić information content (AvgIpc) is 2.78. The van der Waals surface area contributed by atoms with Crippen LogP contribution < -0.4 is 4.74 Å². The number of nitrogens with zero attached hydrogens (tertiary/aromatic N) is 1. The number of thioether (sulfide) groups is 1. The molecule has 1 N–H and O–H groups in total. The standard InChI is InChI=1S/C17H11F4NO2S/c1-25-12-5-4-11(13-14(12)16(23)17(20,21)15(13)19)24-9-2-3-10(18)8(6-9)7-22/h2-6,15-16,23H,1H3. The first-order valence-electron chi connectivity index (χ1n) is 7.09. The maximum atomic E-state index is 14.3. The average molecular weight is 369 g/mol. The van der Waals surface area contributed by atoms with Gasteiger partial charge in [-0.2, -0.15) is 14.0 Å². The van der Waals surface area contributed by atoms with E-state index in [1.165, 1.54) is 18.2 Å². The lowest BCUT2D eigenvalue weighted by molar-refractivity contribution is -0.143. The van der Waals surface area contributed by atoms with E-state index in [2.05, 4.69) is 0 Å². The molecule has 2 aromatic carbocycles. The lowest BCUT2D eigenvalue weighted by atomic mass is 10.1. The minimum Gasteiger partial charge on any atom is -0.457 e. The van der Waals surface area contributed by atoms with Crippen LogP contribution in [0.1, 0.15) is 29.0 Å². The number of fused-ring (bicyclic) bond motifs is 1. The third-order valence-electron chi connectivity index (χ3n) is 3.94. The summed E-state index contributed by atoms with van der Waals surface area (Å²) >= 11 is 1.10. The Bertz CT molecular complexity index is 882. The van der Waals surface area contributed by atoms with E-state index >= 15 is 0 Å². The van der Waals surface area contributed by atoms with Crippen LogP contribution in [0.25, 0.3) is 0 Å². The van der Waals surface area contributed by atoms with Gasteiger partial charge >= 0.3 is 5.92 Å². The van der Waals surface area contributed by atoms with Gasteiger partial charge in [-0.1, -0.05) is 0 Å². The molecule has 0 spiro atoms. The molecular formula is C17H11F4NO2S. The second-order valence-electron chi connectivity index (χ2n) is 5.39. The van der Waals surface area contributed by atoms with Crippen molar-refractivity contribution in [3.05, 3.63) is 52.8 Å². The molecule has 130 valence electrons. The van der Waals surface area contributed by atoms with Crippen molar-refractivity contribution in [1.82, 2.24) is 0 Å². The van der Waals surface area contributed by atoms with Gasteiger partial charge in [0.05, 0.1) is 5.56 Å². The summed E-state index contributed by atoms with van der Waals surface area (Å²) in [6.07, 6.45) is -3.41. The first-order valence-corrected chi connectivity index (χ1v) is 8.32. The molecule has 2 atom stereocenters. The highest BCUT2D eigenvalue weighted by atomic mass is 32.2. The molecule has 0 fully saturated rings. The van der Waals surface area contributed by atoms with E-state index in [9.17, 15) is 22.7 Å².